The highest BCUT2D eigenvalue weighted by atomic mass is 35.5. The van der Waals surface area contributed by atoms with Crippen LogP contribution >= 0.6 is 11.6 Å². The van der Waals surface area contributed by atoms with E-state index in [0.29, 0.717) is 10.7 Å². The molecule has 21 heavy (non-hydrogen) atoms. The van der Waals surface area contributed by atoms with Gasteiger partial charge < -0.3 is 5.11 Å². The number of halogens is 1. The Labute approximate surface area is 128 Å². The van der Waals surface area contributed by atoms with E-state index in [4.69, 9.17) is 11.6 Å². The van der Waals surface area contributed by atoms with Crippen LogP contribution in [-0.2, 0) is 5.60 Å². The Morgan fingerprint density at radius 3 is 2.43 bits per heavy atom. The highest BCUT2D eigenvalue weighted by molar-refractivity contribution is 6.32. The third kappa shape index (κ3) is 2.46. The van der Waals surface area contributed by atoms with Gasteiger partial charge in [-0.1, -0.05) is 54.1 Å². The van der Waals surface area contributed by atoms with Crippen LogP contribution in [0.15, 0.2) is 67.1 Å². The number of rotatable bonds is 3. The molecule has 3 rings (SSSR count). The molecule has 2 aromatic carbocycles. The SMILES string of the molecule is CC(O)(c1ccccc1)c1cncn1-c1ccccc1Cl. The summed E-state index contributed by atoms with van der Waals surface area (Å²) in [6.45, 7) is 1.76. The summed E-state index contributed by atoms with van der Waals surface area (Å²) in [6, 6.07) is 17.0. The van der Waals surface area contributed by atoms with Crippen molar-refractivity contribution in [1.82, 2.24) is 9.55 Å². The van der Waals surface area contributed by atoms with Gasteiger partial charge in [0.05, 0.1) is 28.9 Å². The normalized spacial score (nSPS) is 13.9. The zero-order valence-electron chi connectivity index (χ0n) is 11.6. The van der Waals surface area contributed by atoms with Crippen molar-refractivity contribution in [3.05, 3.63) is 83.4 Å². The Balaban J connectivity index is 2.14. The van der Waals surface area contributed by atoms with Crippen molar-refractivity contribution in [2.75, 3.05) is 0 Å². The topological polar surface area (TPSA) is 38.1 Å². The number of benzene rings is 2. The fourth-order valence-corrected chi connectivity index (χ4v) is 2.63. The van der Waals surface area contributed by atoms with Crippen LogP contribution in [0, 0.1) is 0 Å². The molecule has 0 saturated heterocycles. The van der Waals surface area contributed by atoms with Gasteiger partial charge in [-0.2, -0.15) is 0 Å². The van der Waals surface area contributed by atoms with Crippen molar-refractivity contribution in [3.63, 3.8) is 0 Å². The summed E-state index contributed by atoms with van der Waals surface area (Å²) < 4.78 is 1.81. The Kier molecular flexibility index (Phi) is 3.53. The highest BCUT2D eigenvalue weighted by Crippen LogP contribution is 2.31. The van der Waals surface area contributed by atoms with E-state index in [1.165, 1.54) is 0 Å². The van der Waals surface area contributed by atoms with Crippen LogP contribution in [0.2, 0.25) is 5.02 Å². The molecule has 0 radical (unpaired) electrons. The minimum Gasteiger partial charge on any atom is -0.379 e. The van der Waals surface area contributed by atoms with Gasteiger partial charge in [-0.05, 0) is 24.6 Å². The fourth-order valence-electron chi connectivity index (χ4n) is 2.40. The minimum absolute atomic E-state index is 0.612. The van der Waals surface area contributed by atoms with Crippen LogP contribution in [0.4, 0.5) is 0 Å². The Bertz CT molecular complexity index is 750. The van der Waals surface area contributed by atoms with E-state index in [1.54, 1.807) is 19.4 Å². The molecule has 0 amide bonds. The number of para-hydroxylation sites is 1. The molecule has 0 fully saturated rings. The summed E-state index contributed by atoms with van der Waals surface area (Å²) in [5.74, 6) is 0. The monoisotopic (exact) mass is 298 g/mol. The van der Waals surface area contributed by atoms with E-state index in [9.17, 15) is 5.11 Å². The summed E-state index contributed by atoms with van der Waals surface area (Å²) >= 11 is 6.25. The van der Waals surface area contributed by atoms with Gasteiger partial charge in [-0.3, -0.25) is 4.57 Å². The number of aliphatic hydroxyl groups is 1. The number of hydrogen-bond acceptors (Lipinski definition) is 2. The maximum Gasteiger partial charge on any atom is 0.129 e. The van der Waals surface area contributed by atoms with E-state index in [1.807, 2.05) is 59.2 Å². The number of aromatic nitrogens is 2. The molecule has 1 atom stereocenters. The van der Waals surface area contributed by atoms with Crippen LogP contribution in [0.3, 0.4) is 0 Å². The predicted octanol–water partition coefficient (Wildman–Crippen LogP) is 3.78. The second-order valence-corrected chi connectivity index (χ2v) is 5.45. The lowest BCUT2D eigenvalue weighted by molar-refractivity contribution is 0.0955. The zero-order valence-corrected chi connectivity index (χ0v) is 12.3. The van der Waals surface area contributed by atoms with Gasteiger partial charge in [-0.15, -0.1) is 0 Å². The summed E-state index contributed by atoms with van der Waals surface area (Å²) in [5.41, 5.74) is 1.11. The maximum atomic E-state index is 11.0. The van der Waals surface area contributed by atoms with E-state index in [0.717, 1.165) is 11.3 Å². The molecule has 106 valence electrons. The summed E-state index contributed by atoms with van der Waals surface area (Å²) in [5, 5.41) is 11.6. The average molecular weight is 299 g/mol. The summed E-state index contributed by atoms with van der Waals surface area (Å²) in [7, 11) is 0. The fraction of sp³-hybridized carbons (Fsp3) is 0.118. The molecule has 3 nitrogen and oxygen atoms in total. The molecule has 4 heteroatoms. The molecule has 0 aliphatic carbocycles. The molecule has 0 aliphatic rings. The van der Waals surface area contributed by atoms with Gasteiger partial charge in [-0.25, -0.2) is 4.98 Å². The first-order valence-electron chi connectivity index (χ1n) is 6.66. The molecular formula is C17H15ClN2O. The molecule has 3 aromatic rings. The van der Waals surface area contributed by atoms with Crippen LogP contribution < -0.4 is 0 Å². The van der Waals surface area contributed by atoms with Crippen molar-refractivity contribution in [2.45, 2.75) is 12.5 Å². The molecule has 1 aromatic heterocycles. The molecule has 1 N–H and O–H groups in total. The van der Waals surface area contributed by atoms with Crippen molar-refractivity contribution >= 4 is 11.6 Å². The largest absolute Gasteiger partial charge is 0.379 e. The third-order valence-corrected chi connectivity index (χ3v) is 3.90. The maximum absolute atomic E-state index is 11.0. The van der Waals surface area contributed by atoms with Crippen molar-refractivity contribution in [2.24, 2.45) is 0 Å². The Morgan fingerprint density at radius 2 is 1.71 bits per heavy atom. The van der Waals surface area contributed by atoms with Crippen molar-refractivity contribution < 1.29 is 5.11 Å². The van der Waals surface area contributed by atoms with Gasteiger partial charge in [0.15, 0.2) is 0 Å². The quantitative estimate of drug-likeness (QED) is 0.799. The standard InChI is InChI=1S/C17H15ClN2O/c1-17(21,13-7-3-2-4-8-13)16-11-19-12-20(16)15-10-6-5-9-14(15)18/h2-12,21H,1H3. The average Bonchev–Trinajstić information content (AvgIpc) is 2.99. The molecule has 0 bridgehead atoms. The van der Waals surface area contributed by atoms with Crippen molar-refractivity contribution in [3.8, 4) is 5.69 Å². The molecule has 0 spiro atoms. The summed E-state index contributed by atoms with van der Waals surface area (Å²) in [4.78, 5) is 4.18. The lowest BCUT2D eigenvalue weighted by Crippen LogP contribution is -2.25. The molecule has 1 heterocycles. The number of imidazole rings is 1. The van der Waals surface area contributed by atoms with E-state index in [-0.39, 0.29) is 0 Å². The van der Waals surface area contributed by atoms with Crippen LogP contribution in [-0.4, -0.2) is 14.7 Å². The minimum atomic E-state index is -1.16. The first-order chi connectivity index (χ1) is 10.1. The van der Waals surface area contributed by atoms with Crippen molar-refractivity contribution in [1.29, 1.82) is 0 Å². The summed E-state index contributed by atoms with van der Waals surface area (Å²) in [6.07, 6.45) is 3.32. The molecular weight excluding hydrogens is 284 g/mol. The van der Waals surface area contributed by atoms with Crippen LogP contribution in [0.5, 0.6) is 0 Å². The van der Waals surface area contributed by atoms with Gasteiger partial charge in [0.2, 0.25) is 0 Å². The second-order valence-electron chi connectivity index (χ2n) is 5.04. The molecule has 0 aliphatic heterocycles. The van der Waals surface area contributed by atoms with E-state index >= 15 is 0 Å². The van der Waals surface area contributed by atoms with Gasteiger partial charge in [0, 0.05) is 0 Å². The third-order valence-electron chi connectivity index (χ3n) is 3.59. The number of nitrogens with zero attached hydrogens (tertiary/aromatic N) is 2. The highest BCUT2D eigenvalue weighted by Gasteiger charge is 2.29. The lowest BCUT2D eigenvalue weighted by Gasteiger charge is -2.25. The van der Waals surface area contributed by atoms with Crippen LogP contribution in [0.25, 0.3) is 5.69 Å². The van der Waals surface area contributed by atoms with Gasteiger partial charge >= 0.3 is 0 Å². The molecule has 1 unspecified atom stereocenters. The van der Waals surface area contributed by atoms with Gasteiger partial charge in [0.1, 0.15) is 5.60 Å². The first-order valence-corrected chi connectivity index (χ1v) is 7.04. The first kappa shape index (κ1) is 13.9. The van der Waals surface area contributed by atoms with Gasteiger partial charge in [0.25, 0.3) is 0 Å². The van der Waals surface area contributed by atoms with E-state index < -0.39 is 5.60 Å². The van der Waals surface area contributed by atoms with Crippen LogP contribution in [0.1, 0.15) is 18.2 Å². The Morgan fingerprint density at radius 1 is 1.05 bits per heavy atom. The lowest BCUT2D eigenvalue weighted by atomic mass is 9.93. The Hall–Kier alpha value is -2.10. The molecule has 0 saturated carbocycles. The second kappa shape index (κ2) is 5.35. The van der Waals surface area contributed by atoms with E-state index in [2.05, 4.69) is 4.98 Å². The predicted molar refractivity (Wildman–Crippen MR) is 83.7 cm³/mol. The zero-order chi connectivity index (χ0) is 14.9. The smallest absolute Gasteiger partial charge is 0.129 e. The number of hydrogen-bond donors (Lipinski definition) is 1.